The summed E-state index contributed by atoms with van der Waals surface area (Å²) in [5.74, 6) is 0. The van der Waals surface area contributed by atoms with E-state index in [0.29, 0.717) is 19.7 Å². The number of hydrogen-bond acceptors (Lipinski definition) is 5. The Morgan fingerprint density at radius 3 is 2.64 bits per heavy atom. The summed E-state index contributed by atoms with van der Waals surface area (Å²) in [6.07, 6.45) is -0.498. The van der Waals surface area contributed by atoms with E-state index in [4.69, 9.17) is 9.47 Å². The Kier molecular flexibility index (Phi) is 5.13. The first kappa shape index (κ1) is 16.4. The molecule has 0 saturated carbocycles. The second-order valence-electron chi connectivity index (χ2n) is 6.31. The normalized spacial score (nSPS) is 18.9. The average Bonchev–Trinajstić information content (AvgIpc) is 2.47. The van der Waals surface area contributed by atoms with Gasteiger partial charge in [-0.15, -0.1) is 0 Å². The standard InChI is InChI=1S/C16H22N2O4/c1-16(2,3)22-15(19)18-8-9-21-14(11-18)13-6-4-12(5-7-13)10-17-20/h4-7,14H,8-11H2,1-3H3/t14-/m0/s1. The molecule has 1 heterocycles. The van der Waals surface area contributed by atoms with Gasteiger partial charge < -0.3 is 14.4 Å². The van der Waals surface area contributed by atoms with Crippen molar-refractivity contribution in [1.82, 2.24) is 4.90 Å². The number of morpholine rings is 1. The highest BCUT2D eigenvalue weighted by Gasteiger charge is 2.28. The van der Waals surface area contributed by atoms with E-state index in [1.807, 2.05) is 45.0 Å². The van der Waals surface area contributed by atoms with E-state index in [0.717, 1.165) is 11.1 Å². The molecule has 0 unspecified atom stereocenters. The third-order valence-electron chi connectivity index (χ3n) is 3.32. The topological polar surface area (TPSA) is 68.2 Å². The quantitative estimate of drug-likeness (QED) is 0.804. The summed E-state index contributed by atoms with van der Waals surface area (Å²) < 4.78 is 11.1. The summed E-state index contributed by atoms with van der Waals surface area (Å²) in [4.78, 5) is 24.1. The zero-order chi connectivity index (χ0) is 16.2. The van der Waals surface area contributed by atoms with Crippen LogP contribution in [0.4, 0.5) is 4.79 Å². The molecule has 120 valence electrons. The molecule has 0 aromatic heterocycles. The highest BCUT2D eigenvalue weighted by molar-refractivity contribution is 5.68. The van der Waals surface area contributed by atoms with E-state index in [-0.39, 0.29) is 18.7 Å². The maximum Gasteiger partial charge on any atom is 0.410 e. The third-order valence-corrected chi connectivity index (χ3v) is 3.32. The van der Waals surface area contributed by atoms with Gasteiger partial charge in [0.1, 0.15) is 18.2 Å². The van der Waals surface area contributed by atoms with Crippen LogP contribution in [0.1, 0.15) is 38.0 Å². The molecule has 1 saturated heterocycles. The lowest BCUT2D eigenvalue weighted by molar-refractivity contribution is -0.0432. The molecule has 22 heavy (non-hydrogen) atoms. The Hall–Kier alpha value is -1.95. The van der Waals surface area contributed by atoms with E-state index in [1.165, 1.54) is 0 Å². The van der Waals surface area contributed by atoms with Crippen molar-refractivity contribution in [3.05, 3.63) is 40.3 Å². The number of carbonyl (C=O) groups excluding carboxylic acids is 1. The SMILES string of the molecule is CC(C)(C)OC(=O)N1CCO[C@H](c2ccc(CN=O)cc2)C1. The lowest BCUT2D eigenvalue weighted by atomic mass is 10.1. The Morgan fingerprint density at radius 1 is 1.36 bits per heavy atom. The van der Waals surface area contributed by atoms with Crippen molar-refractivity contribution in [3.8, 4) is 0 Å². The predicted octanol–water partition coefficient (Wildman–Crippen LogP) is 3.26. The van der Waals surface area contributed by atoms with Crippen LogP contribution in [0, 0.1) is 4.91 Å². The number of amides is 1. The highest BCUT2D eigenvalue weighted by Crippen LogP contribution is 2.24. The lowest BCUT2D eigenvalue weighted by Crippen LogP contribution is -2.44. The molecule has 1 aliphatic rings. The smallest absolute Gasteiger partial charge is 0.410 e. The minimum atomic E-state index is -0.506. The second kappa shape index (κ2) is 6.87. The van der Waals surface area contributed by atoms with E-state index in [2.05, 4.69) is 5.18 Å². The molecule has 1 aromatic rings. The molecule has 0 bridgehead atoms. The van der Waals surface area contributed by atoms with Crippen molar-refractivity contribution in [2.45, 2.75) is 39.0 Å². The van der Waals surface area contributed by atoms with Crippen LogP contribution >= 0.6 is 0 Å². The van der Waals surface area contributed by atoms with E-state index in [1.54, 1.807) is 4.90 Å². The number of hydrogen-bond donors (Lipinski definition) is 0. The van der Waals surface area contributed by atoms with Crippen LogP contribution in [0.25, 0.3) is 0 Å². The molecule has 1 amide bonds. The average molecular weight is 306 g/mol. The van der Waals surface area contributed by atoms with Gasteiger partial charge in [-0.3, -0.25) is 0 Å². The van der Waals surface area contributed by atoms with Gasteiger partial charge in [0.05, 0.1) is 13.2 Å². The van der Waals surface area contributed by atoms with Crippen molar-refractivity contribution in [1.29, 1.82) is 0 Å². The van der Waals surface area contributed by atoms with Crippen LogP contribution in [0.5, 0.6) is 0 Å². The maximum atomic E-state index is 12.1. The zero-order valence-electron chi connectivity index (χ0n) is 13.2. The molecular weight excluding hydrogens is 284 g/mol. The molecule has 6 heteroatoms. The first-order valence-corrected chi connectivity index (χ1v) is 7.36. The molecule has 0 N–H and O–H groups in total. The Bertz CT molecular complexity index is 522. The summed E-state index contributed by atoms with van der Waals surface area (Å²) in [7, 11) is 0. The van der Waals surface area contributed by atoms with Crippen molar-refractivity contribution >= 4 is 6.09 Å². The van der Waals surface area contributed by atoms with Gasteiger partial charge in [-0.05, 0) is 31.9 Å². The van der Waals surface area contributed by atoms with Gasteiger partial charge in [0.2, 0.25) is 0 Å². The fourth-order valence-corrected chi connectivity index (χ4v) is 2.26. The third kappa shape index (κ3) is 4.53. The summed E-state index contributed by atoms with van der Waals surface area (Å²) in [5, 5.41) is 2.87. The minimum absolute atomic E-state index is 0.163. The molecule has 1 aromatic carbocycles. The summed E-state index contributed by atoms with van der Waals surface area (Å²) >= 11 is 0. The molecule has 6 nitrogen and oxygen atoms in total. The molecule has 0 radical (unpaired) electrons. The predicted molar refractivity (Wildman–Crippen MR) is 82.4 cm³/mol. The number of ether oxygens (including phenoxy) is 2. The minimum Gasteiger partial charge on any atom is -0.444 e. The van der Waals surface area contributed by atoms with E-state index >= 15 is 0 Å². The number of carbonyl (C=O) groups is 1. The van der Waals surface area contributed by atoms with Gasteiger partial charge >= 0.3 is 6.09 Å². The molecule has 1 atom stereocenters. The first-order valence-electron chi connectivity index (χ1n) is 7.36. The number of nitrogens with zero attached hydrogens (tertiary/aromatic N) is 2. The Balaban J connectivity index is 2.00. The maximum absolute atomic E-state index is 12.1. The van der Waals surface area contributed by atoms with Crippen molar-refractivity contribution in [2.24, 2.45) is 5.18 Å². The lowest BCUT2D eigenvalue weighted by Gasteiger charge is -2.34. The van der Waals surface area contributed by atoms with Gasteiger partial charge in [-0.1, -0.05) is 29.4 Å². The van der Waals surface area contributed by atoms with Crippen LogP contribution in [-0.4, -0.2) is 36.3 Å². The van der Waals surface area contributed by atoms with Crippen LogP contribution < -0.4 is 0 Å². The Morgan fingerprint density at radius 2 is 2.05 bits per heavy atom. The molecular formula is C16H22N2O4. The van der Waals surface area contributed by atoms with Gasteiger partial charge in [-0.2, -0.15) is 4.91 Å². The van der Waals surface area contributed by atoms with Crippen LogP contribution in [0.3, 0.4) is 0 Å². The summed E-state index contributed by atoms with van der Waals surface area (Å²) in [6.45, 7) is 7.17. The monoisotopic (exact) mass is 306 g/mol. The molecule has 1 aliphatic heterocycles. The van der Waals surface area contributed by atoms with E-state index < -0.39 is 5.60 Å². The van der Waals surface area contributed by atoms with Crippen LogP contribution in [0.2, 0.25) is 0 Å². The number of benzene rings is 1. The van der Waals surface area contributed by atoms with Crippen molar-refractivity contribution in [3.63, 3.8) is 0 Å². The van der Waals surface area contributed by atoms with Gasteiger partial charge in [-0.25, -0.2) is 4.79 Å². The second-order valence-corrected chi connectivity index (χ2v) is 6.31. The fourth-order valence-electron chi connectivity index (χ4n) is 2.26. The van der Waals surface area contributed by atoms with Crippen molar-refractivity contribution < 1.29 is 14.3 Å². The van der Waals surface area contributed by atoms with Crippen LogP contribution in [0.15, 0.2) is 29.4 Å². The van der Waals surface area contributed by atoms with Gasteiger partial charge in [0.15, 0.2) is 0 Å². The van der Waals surface area contributed by atoms with Crippen LogP contribution in [-0.2, 0) is 16.0 Å². The number of nitroso groups, excluding NO2 is 1. The molecule has 0 aliphatic carbocycles. The van der Waals surface area contributed by atoms with Gasteiger partial charge in [0, 0.05) is 6.54 Å². The first-order chi connectivity index (χ1) is 10.4. The summed E-state index contributed by atoms with van der Waals surface area (Å²) in [5.41, 5.74) is 1.33. The fraction of sp³-hybridized carbons (Fsp3) is 0.562. The zero-order valence-corrected chi connectivity index (χ0v) is 13.2. The largest absolute Gasteiger partial charge is 0.444 e. The highest BCUT2D eigenvalue weighted by atomic mass is 16.6. The van der Waals surface area contributed by atoms with Gasteiger partial charge in [0.25, 0.3) is 0 Å². The Labute approximate surface area is 130 Å². The molecule has 0 spiro atoms. The molecule has 1 fully saturated rings. The van der Waals surface area contributed by atoms with Crippen molar-refractivity contribution in [2.75, 3.05) is 19.7 Å². The number of rotatable bonds is 3. The van der Waals surface area contributed by atoms with E-state index in [9.17, 15) is 9.70 Å². The molecule has 2 rings (SSSR count). The summed E-state index contributed by atoms with van der Waals surface area (Å²) in [6, 6.07) is 7.52.